The van der Waals surface area contributed by atoms with Crippen LogP contribution in [0.15, 0.2) is 18.3 Å². The van der Waals surface area contributed by atoms with Gasteiger partial charge in [-0.1, -0.05) is 0 Å². The number of halogens is 7. The first-order valence-corrected chi connectivity index (χ1v) is 10.2. The Morgan fingerprint density at radius 1 is 1.19 bits per heavy atom. The first kappa shape index (κ1) is 27.0. The van der Waals surface area contributed by atoms with Crippen molar-refractivity contribution in [3.8, 4) is 17.0 Å². The van der Waals surface area contributed by atoms with Gasteiger partial charge in [-0.2, -0.15) is 31.4 Å². The number of nitrogens with one attached hydrogen (secondary N) is 2. The number of ether oxygens (including phenoxy) is 1. The summed E-state index contributed by atoms with van der Waals surface area (Å²) in [6, 6.07) is 1.32. The molecule has 1 aromatic carbocycles. The quantitative estimate of drug-likeness (QED) is 0.399. The van der Waals surface area contributed by atoms with Gasteiger partial charge in [-0.05, 0) is 32.9 Å². The maximum atomic E-state index is 15.0. The minimum Gasteiger partial charge on any atom is -0.480 e. The number of nitrogens with zero attached hydrogens (tertiary/aromatic N) is 3. The lowest BCUT2D eigenvalue weighted by atomic mass is 10.1. The number of aliphatic hydroxyl groups is 1. The van der Waals surface area contributed by atoms with Gasteiger partial charge >= 0.3 is 12.4 Å². The van der Waals surface area contributed by atoms with Crippen molar-refractivity contribution in [2.45, 2.75) is 45.3 Å². The molecule has 0 fully saturated rings. The molecule has 1 amide bonds. The summed E-state index contributed by atoms with van der Waals surface area (Å²) in [4.78, 5) is 16.9. The maximum Gasteiger partial charge on any atom is 0.434 e. The van der Waals surface area contributed by atoms with Gasteiger partial charge in [-0.3, -0.25) is 9.89 Å². The lowest BCUT2D eigenvalue weighted by Gasteiger charge is -2.20. The lowest BCUT2D eigenvalue weighted by Crippen LogP contribution is -2.32. The molecule has 36 heavy (non-hydrogen) atoms. The molecule has 0 aliphatic heterocycles. The summed E-state index contributed by atoms with van der Waals surface area (Å²) in [7, 11) is 1.49. The average molecular weight is 523 g/mol. The largest absolute Gasteiger partial charge is 0.480 e. The number of benzene rings is 1. The third-order valence-corrected chi connectivity index (χ3v) is 5.11. The van der Waals surface area contributed by atoms with Crippen LogP contribution in [0.1, 0.15) is 47.5 Å². The fourth-order valence-corrected chi connectivity index (χ4v) is 3.25. The van der Waals surface area contributed by atoms with Crippen LogP contribution in [0.4, 0.5) is 36.4 Å². The lowest BCUT2D eigenvalue weighted by molar-refractivity contribution is -0.189. The number of amides is 1. The number of alkyl halides is 6. The Bertz CT molecular complexity index is 1280. The minimum atomic E-state index is -4.94. The van der Waals surface area contributed by atoms with Crippen molar-refractivity contribution in [3.05, 3.63) is 46.9 Å². The molecule has 196 valence electrons. The van der Waals surface area contributed by atoms with Crippen LogP contribution in [-0.4, -0.2) is 43.0 Å². The third-order valence-electron chi connectivity index (χ3n) is 5.11. The molecule has 2 heterocycles. The zero-order valence-corrected chi connectivity index (χ0v) is 19.1. The topological polar surface area (TPSA) is 105 Å². The highest BCUT2D eigenvalue weighted by molar-refractivity contribution is 6.07. The Kier molecular flexibility index (Phi) is 7.08. The molecule has 3 aromatic rings. The highest BCUT2D eigenvalue weighted by atomic mass is 19.4. The summed E-state index contributed by atoms with van der Waals surface area (Å²) in [5.74, 6) is -3.13. The normalized spacial score (nSPS) is 14.0. The first-order chi connectivity index (χ1) is 16.5. The summed E-state index contributed by atoms with van der Waals surface area (Å²) >= 11 is 0. The Balaban J connectivity index is 2.11. The number of imidazole rings is 1. The van der Waals surface area contributed by atoms with Crippen LogP contribution in [0.2, 0.25) is 0 Å². The second-order valence-corrected chi connectivity index (χ2v) is 7.91. The smallest absolute Gasteiger partial charge is 0.434 e. The predicted molar refractivity (Wildman–Crippen MR) is 112 cm³/mol. The van der Waals surface area contributed by atoms with E-state index in [1.807, 2.05) is 5.32 Å². The summed E-state index contributed by atoms with van der Waals surface area (Å²) < 4.78 is 101. The molecule has 0 bridgehead atoms. The molecule has 2 aromatic heterocycles. The van der Waals surface area contributed by atoms with Crippen LogP contribution < -0.4 is 10.1 Å². The number of H-pyrrole nitrogens is 1. The summed E-state index contributed by atoms with van der Waals surface area (Å²) in [6.45, 7) is 3.18. The number of aromatic amines is 1. The number of aromatic nitrogens is 4. The molecule has 0 spiro atoms. The van der Waals surface area contributed by atoms with Crippen LogP contribution in [-0.2, 0) is 13.2 Å². The SMILES string of the molecule is Cc1n[nH]c(C(F)(F)F)c1NC(=O)c1cc(F)c(-c2cn(C)c([C@H](C)O)n2)cc1OC(C)C(F)(F)F. The molecular weight excluding hydrogens is 503 g/mol. The molecule has 15 heteroatoms. The minimum absolute atomic E-state index is 0.0904. The van der Waals surface area contributed by atoms with Crippen molar-refractivity contribution >= 4 is 11.6 Å². The fraction of sp³-hybridized carbons (Fsp3) is 0.381. The molecule has 0 saturated heterocycles. The van der Waals surface area contributed by atoms with Gasteiger partial charge < -0.3 is 19.7 Å². The number of aryl methyl sites for hydroxylation is 2. The molecule has 0 aliphatic rings. The highest BCUT2D eigenvalue weighted by Gasteiger charge is 2.40. The third kappa shape index (κ3) is 5.45. The Morgan fingerprint density at radius 2 is 1.83 bits per heavy atom. The fourth-order valence-electron chi connectivity index (χ4n) is 3.25. The van der Waals surface area contributed by atoms with Gasteiger partial charge in [0.05, 0.1) is 22.6 Å². The van der Waals surface area contributed by atoms with Crippen LogP contribution >= 0.6 is 0 Å². The average Bonchev–Trinajstić information content (AvgIpc) is 3.30. The molecule has 8 nitrogen and oxygen atoms in total. The van der Waals surface area contributed by atoms with Crippen LogP contribution in [0.25, 0.3) is 11.3 Å². The molecule has 0 saturated carbocycles. The van der Waals surface area contributed by atoms with Crippen molar-refractivity contribution in [2.75, 3.05) is 5.32 Å². The van der Waals surface area contributed by atoms with Gasteiger partial charge in [0.25, 0.3) is 5.91 Å². The van der Waals surface area contributed by atoms with E-state index in [1.165, 1.54) is 24.7 Å². The Hall–Kier alpha value is -3.62. The van der Waals surface area contributed by atoms with Crippen LogP contribution in [0, 0.1) is 12.7 Å². The number of rotatable bonds is 6. The van der Waals surface area contributed by atoms with Crippen molar-refractivity contribution in [2.24, 2.45) is 7.05 Å². The van der Waals surface area contributed by atoms with Crippen molar-refractivity contribution < 1.29 is 45.4 Å². The molecule has 3 N–H and O–H groups in total. The van der Waals surface area contributed by atoms with Crippen molar-refractivity contribution in [3.63, 3.8) is 0 Å². The molecule has 1 unspecified atom stereocenters. The molecular formula is C21H20F7N5O3. The van der Waals surface area contributed by atoms with Crippen LogP contribution in [0.5, 0.6) is 5.75 Å². The molecule has 0 radical (unpaired) electrons. The van der Waals surface area contributed by atoms with Gasteiger partial charge in [-0.25, -0.2) is 9.37 Å². The Morgan fingerprint density at radius 3 is 2.36 bits per heavy atom. The monoisotopic (exact) mass is 523 g/mol. The highest BCUT2D eigenvalue weighted by Crippen LogP contribution is 2.37. The predicted octanol–water partition coefficient (Wildman–Crippen LogP) is 4.91. The second-order valence-electron chi connectivity index (χ2n) is 7.91. The summed E-state index contributed by atoms with van der Waals surface area (Å²) in [6.07, 6.45) is -12.0. The van der Waals surface area contributed by atoms with Crippen LogP contribution in [0.3, 0.4) is 0 Å². The van der Waals surface area contributed by atoms with Gasteiger partial charge in [0.1, 0.15) is 23.5 Å². The number of hydrogen-bond donors (Lipinski definition) is 3. The Labute approximate surface area is 199 Å². The van der Waals surface area contributed by atoms with Gasteiger partial charge in [0.15, 0.2) is 11.8 Å². The standard InChI is InChI=1S/C21H20F7N5O3/c1-8-16(17(32-31-8)21(26,27)28)30-19(35)12-5-13(22)11(6-15(12)36-10(3)20(23,24)25)14-7-33(4)18(29-14)9(2)34/h5-7,9-10,34H,1-4H3,(H,30,35)(H,31,32)/t9-,10?/m0/s1. The van der Waals surface area contributed by atoms with E-state index in [9.17, 15) is 36.2 Å². The number of anilines is 1. The van der Waals surface area contributed by atoms with E-state index in [4.69, 9.17) is 4.74 Å². The van der Waals surface area contributed by atoms with E-state index < -0.39 is 59.0 Å². The van der Waals surface area contributed by atoms with E-state index in [0.717, 1.165) is 13.0 Å². The number of hydrogen-bond acceptors (Lipinski definition) is 5. The van der Waals surface area contributed by atoms with E-state index in [0.29, 0.717) is 13.0 Å². The molecule has 3 rings (SSSR count). The maximum absolute atomic E-state index is 15.0. The first-order valence-electron chi connectivity index (χ1n) is 10.2. The molecule has 0 aliphatic carbocycles. The van der Waals surface area contributed by atoms with E-state index in [2.05, 4.69) is 10.1 Å². The number of carbonyl (C=O) groups excluding carboxylic acids is 1. The number of carbonyl (C=O) groups is 1. The van der Waals surface area contributed by atoms with E-state index in [1.54, 1.807) is 5.10 Å². The number of aliphatic hydroxyl groups excluding tert-OH is 1. The van der Waals surface area contributed by atoms with E-state index >= 15 is 4.39 Å². The molecule has 2 atom stereocenters. The summed E-state index contributed by atoms with van der Waals surface area (Å²) in [5, 5.41) is 16.8. The van der Waals surface area contributed by atoms with E-state index in [-0.39, 0.29) is 22.8 Å². The van der Waals surface area contributed by atoms with Gasteiger partial charge in [0.2, 0.25) is 0 Å². The zero-order chi connectivity index (χ0) is 27.2. The van der Waals surface area contributed by atoms with Crippen molar-refractivity contribution in [1.29, 1.82) is 0 Å². The van der Waals surface area contributed by atoms with Gasteiger partial charge in [-0.15, -0.1) is 0 Å². The van der Waals surface area contributed by atoms with Gasteiger partial charge in [0, 0.05) is 18.8 Å². The zero-order valence-electron chi connectivity index (χ0n) is 19.1. The second kappa shape index (κ2) is 9.44. The summed E-state index contributed by atoms with van der Waals surface area (Å²) in [5.41, 5.74) is -3.71. The van der Waals surface area contributed by atoms with Crippen molar-refractivity contribution in [1.82, 2.24) is 19.7 Å².